The van der Waals surface area contributed by atoms with Gasteiger partial charge in [0, 0.05) is 10.6 Å². The summed E-state index contributed by atoms with van der Waals surface area (Å²) in [6.45, 7) is 0. The van der Waals surface area contributed by atoms with Crippen LogP contribution >= 0.6 is 11.6 Å². The lowest BCUT2D eigenvalue weighted by Gasteiger charge is -2.08. The zero-order valence-corrected chi connectivity index (χ0v) is 11.5. The first-order valence-corrected chi connectivity index (χ1v) is 7.12. The number of nitrogen functional groups attached to an aromatic ring is 1. The number of hydrogen-bond donors (Lipinski definition) is 1. The zero-order chi connectivity index (χ0) is 13.2. The van der Waals surface area contributed by atoms with Gasteiger partial charge in [0.15, 0.2) is 0 Å². The van der Waals surface area contributed by atoms with Crippen molar-refractivity contribution in [2.75, 3.05) is 5.73 Å². The van der Waals surface area contributed by atoms with Crippen molar-refractivity contribution in [2.45, 2.75) is 32.1 Å². The molecule has 2 aromatic rings. The third-order valence-electron chi connectivity index (χ3n) is 3.89. The van der Waals surface area contributed by atoms with Gasteiger partial charge in [-0.3, -0.25) is 0 Å². The number of benzene rings is 1. The van der Waals surface area contributed by atoms with E-state index >= 15 is 0 Å². The van der Waals surface area contributed by atoms with Gasteiger partial charge >= 0.3 is 0 Å². The number of aromatic nitrogens is 1. The van der Waals surface area contributed by atoms with Gasteiger partial charge < -0.3 is 10.3 Å². The van der Waals surface area contributed by atoms with E-state index in [1.165, 1.54) is 25.7 Å². The molecule has 0 atom stereocenters. The summed E-state index contributed by atoms with van der Waals surface area (Å²) in [5.74, 6) is 1.06. The molecule has 1 aliphatic rings. The van der Waals surface area contributed by atoms with Crippen LogP contribution < -0.4 is 5.73 Å². The molecule has 19 heavy (non-hydrogen) atoms. The Kier molecular flexibility index (Phi) is 3.47. The van der Waals surface area contributed by atoms with Gasteiger partial charge in [0.05, 0.1) is 11.3 Å². The number of anilines is 1. The molecule has 0 unspecified atom stereocenters. The van der Waals surface area contributed by atoms with Crippen molar-refractivity contribution in [3.05, 3.63) is 35.0 Å². The average molecular weight is 277 g/mol. The van der Waals surface area contributed by atoms with Crippen molar-refractivity contribution in [3.63, 3.8) is 0 Å². The molecule has 0 saturated heterocycles. The van der Waals surface area contributed by atoms with Crippen LogP contribution in [0, 0.1) is 5.92 Å². The average Bonchev–Trinajstić information content (AvgIpc) is 3.02. The molecule has 1 aromatic heterocycles. The molecule has 1 aliphatic carbocycles. The Morgan fingerprint density at radius 2 is 2.00 bits per heavy atom. The Morgan fingerprint density at radius 1 is 1.26 bits per heavy atom. The molecule has 0 radical (unpaired) electrons. The van der Waals surface area contributed by atoms with E-state index in [1.807, 2.05) is 24.3 Å². The molecule has 0 spiro atoms. The van der Waals surface area contributed by atoms with Crippen LogP contribution in [-0.2, 0) is 6.42 Å². The van der Waals surface area contributed by atoms with Crippen molar-refractivity contribution >= 4 is 17.5 Å². The van der Waals surface area contributed by atoms with E-state index in [4.69, 9.17) is 21.9 Å². The number of halogens is 1. The highest BCUT2D eigenvalue weighted by atomic mass is 35.5. The first-order chi connectivity index (χ1) is 9.25. The maximum absolute atomic E-state index is 6.25. The molecule has 2 N–H and O–H groups in total. The summed E-state index contributed by atoms with van der Waals surface area (Å²) in [7, 11) is 0. The highest BCUT2D eigenvalue weighted by molar-refractivity contribution is 6.33. The molecule has 1 heterocycles. The van der Waals surface area contributed by atoms with E-state index in [0.29, 0.717) is 16.8 Å². The minimum atomic E-state index is 0.362. The van der Waals surface area contributed by atoms with Gasteiger partial charge in [-0.15, -0.1) is 0 Å². The maximum Gasteiger partial charge on any atom is 0.230 e. The van der Waals surface area contributed by atoms with Gasteiger partial charge in [-0.25, -0.2) is 0 Å². The summed E-state index contributed by atoms with van der Waals surface area (Å²) < 4.78 is 5.18. The van der Waals surface area contributed by atoms with E-state index < -0.39 is 0 Å². The van der Waals surface area contributed by atoms with E-state index in [-0.39, 0.29) is 0 Å². The van der Waals surface area contributed by atoms with Crippen LogP contribution in [0.2, 0.25) is 5.02 Å². The monoisotopic (exact) mass is 276 g/mol. The second kappa shape index (κ2) is 5.25. The van der Waals surface area contributed by atoms with Crippen LogP contribution in [0.25, 0.3) is 11.1 Å². The van der Waals surface area contributed by atoms with Gasteiger partial charge in [0.25, 0.3) is 0 Å². The van der Waals surface area contributed by atoms with Crippen LogP contribution in [0.3, 0.4) is 0 Å². The molecule has 0 aliphatic heterocycles. The van der Waals surface area contributed by atoms with Gasteiger partial charge in [-0.1, -0.05) is 60.6 Å². The Morgan fingerprint density at radius 3 is 2.74 bits per heavy atom. The topological polar surface area (TPSA) is 52.0 Å². The fourth-order valence-electron chi connectivity index (χ4n) is 2.92. The smallest absolute Gasteiger partial charge is 0.230 e. The zero-order valence-electron chi connectivity index (χ0n) is 10.7. The van der Waals surface area contributed by atoms with Crippen LogP contribution in [0.1, 0.15) is 31.4 Å². The van der Waals surface area contributed by atoms with Gasteiger partial charge in [0.2, 0.25) is 5.88 Å². The van der Waals surface area contributed by atoms with Crippen molar-refractivity contribution in [1.29, 1.82) is 0 Å². The summed E-state index contributed by atoms with van der Waals surface area (Å²) in [5.41, 5.74) is 8.66. The van der Waals surface area contributed by atoms with Gasteiger partial charge in [0.1, 0.15) is 0 Å². The fraction of sp³-hybridized carbons (Fsp3) is 0.400. The molecule has 4 heteroatoms. The third-order valence-corrected chi connectivity index (χ3v) is 4.22. The Labute approximate surface area is 117 Å². The van der Waals surface area contributed by atoms with Crippen molar-refractivity contribution in [2.24, 2.45) is 5.92 Å². The van der Waals surface area contributed by atoms with E-state index in [2.05, 4.69) is 5.16 Å². The van der Waals surface area contributed by atoms with Crippen LogP contribution in [0.4, 0.5) is 5.88 Å². The minimum Gasteiger partial charge on any atom is -0.367 e. The van der Waals surface area contributed by atoms with Crippen LogP contribution in [-0.4, -0.2) is 5.16 Å². The predicted octanol–water partition coefficient (Wildman–Crippen LogP) is 4.31. The highest BCUT2D eigenvalue weighted by Crippen LogP contribution is 2.37. The number of hydrogen-bond acceptors (Lipinski definition) is 3. The summed E-state index contributed by atoms with van der Waals surface area (Å²) in [4.78, 5) is 0. The fourth-order valence-corrected chi connectivity index (χ4v) is 3.15. The molecule has 1 fully saturated rings. The lowest BCUT2D eigenvalue weighted by molar-refractivity contribution is 0.417. The minimum absolute atomic E-state index is 0.362. The summed E-state index contributed by atoms with van der Waals surface area (Å²) in [6.07, 6.45) is 6.11. The molecule has 0 amide bonds. The van der Waals surface area contributed by atoms with E-state index in [0.717, 1.165) is 23.2 Å². The molecule has 0 bridgehead atoms. The summed E-state index contributed by atoms with van der Waals surface area (Å²) >= 11 is 6.25. The van der Waals surface area contributed by atoms with E-state index in [1.54, 1.807) is 0 Å². The molecule has 1 saturated carbocycles. The molecule has 100 valence electrons. The first-order valence-electron chi connectivity index (χ1n) is 6.74. The second-order valence-electron chi connectivity index (χ2n) is 5.20. The lowest BCUT2D eigenvalue weighted by Crippen LogP contribution is -2.01. The standard InChI is InChI=1S/C15H17ClN2O/c16-12-8-4-3-7-11(12)14-13(18-19-15(14)17)9-10-5-1-2-6-10/h3-4,7-8,10H,1-2,5-6,9,17H2. The summed E-state index contributed by atoms with van der Waals surface area (Å²) in [6, 6.07) is 7.69. The number of nitrogens with two attached hydrogens (primary N) is 1. The third kappa shape index (κ3) is 2.47. The molecule has 1 aromatic carbocycles. The number of nitrogens with zero attached hydrogens (tertiary/aromatic N) is 1. The van der Waals surface area contributed by atoms with Crippen molar-refractivity contribution < 1.29 is 4.52 Å². The van der Waals surface area contributed by atoms with Gasteiger partial charge in [-0.2, -0.15) is 0 Å². The van der Waals surface area contributed by atoms with Crippen molar-refractivity contribution in [1.82, 2.24) is 5.16 Å². The molecular weight excluding hydrogens is 260 g/mol. The van der Waals surface area contributed by atoms with Crippen molar-refractivity contribution in [3.8, 4) is 11.1 Å². The highest BCUT2D eigenvalue weighted by Gasteiger charge is 2.23. The van der Waals surface area contributed by atoms with E-state index in [9.17, 15) is 0 Å². The quantitative estimate of drug-likeness (QED) is 0.909. The van der Waals surface area contributed by atoms with Gasteiger partial charge in [-0.05, 0) is 18.4 Å². The maximum atomic E-state index is 6.25. The predicted molar refractivity (Wildman–Crippen MR) is 77.0 cm³/mol. The Balaban J connectivity index is 1.96. The Hall–Kier alpha value is -1.48. The first kappa shape index (κ1) is 12.5. The summed E-state index contributed by atoms with van der Waals surface area (Å²) in [5, 5.41) is 4.82. The van der Waals surface area contributed by atoms with Crippen LogP contribution in [0.15, 0.2) is 28.8 Å². The molecule has 3 rings (SSSR count). The number of rotatable bonds is 3. The van der Waals surface area contributed by atoms with Crippen LogP contribution in [0.5, 0.6) is 0 Å². The molecular formula is C15H17ClN2O. The molecule has 3 nitrogen and oxygen atoms in total. The largest absolute Gasteiger partial charge is 0.367 e. The SMILES string of the molecule is Nc1onc(CC2CCCC2)c1-c1ccccc1Cl. The normalized spacial score (nSPS) is 16.1. The lowest BCUT2D eigenvalue weighted by atomic mass is 9.96. The Bertz CT molecular complexity index is 573. The second-order valence-corrected chi connectivity index (χ2v) is 5.61.